The Balaban J connectivity index is 2.23. The van der Waals surface area contributed by atoms with Crippen molar-refractivity contribution in [2.24, 2.45) is 0 Å². The zero-order valence-corrected chi connectivity index (χ0v) is 13.4. The summed E-state index contributed by atoms with van der Waals surface area (Å²) < 4.78 is 1.54. The number of anilines is 2. The fraction of sp³-hybridized carbons (Fsp3) is 0.105. The van der Waals surface area contributed by atoms with E-state index in [4.69, 9.17) is 6.57 Å². The second-order valence-corrected chi connectivity index (χ2v) is 5.40. The number of fused-ring (bicyclic) bond motifs is 1. The standard InChI is InChI=1S/C19H15N3O2/c1-13(23)21-12-19(17-6-4-5-7-18(17)21)22(14(2)24)16-10-8-15(20-3)9-11-16/h4-12H,1-2H3. The zero-order chi connectivity index (χ0) is 17.3. The van der Waals surface area contributed by atoms with Gasteiger partial charge in [-0.05, 0) is 18.2 Å². The number of amides is 1. The lowest BCUT2D eigenvalue weighted by atomic mass is 10.2. The Labute approximate surface area is 139 Å². The van der Waals surface area contributed by atoms with Crippen molar-refractivity contribution in [2.75, 3.05) is 4.90 Å². The lowest BCUT2D eigenvalue weighted by Crippen LogP contribution is -2.22. The molecule has 3 aromatic rings. The normalized spacial score (nSPS) is 10.4. The van der Waals surface area contributed by atoms with Gasteiger partial charge < -0.3 is 0 Å². The highest BCUT2D eigenvalue weighted by Crippen LogP contribution is 2.34. The van der Waals surface area contributed by atoms with Gasteiger partial charge in [0.2, 0.25) is 11.8 Å². The van der Waals surface area contributed by atoms with Crippen LogP contribution < -0.4 is 4.90 Å². The van der Waals surface area contributed by atoms with Crippen molar-refractivity contribution in [1.82, 2.24) is 4.57 Å². The number of benzene rings is 2. The molecule has 24 heavy (non-hydrogen) atoms. The molecule has 0 fully saturated rings. The Hall–Kier alpha value is -3.39. The first kappa shape index (κ1) is 15.5. The molecule has 2 aromatic carbocycles. The second kappa shape index (κ2) is 6.01. The number of para-hydroxylation sites is 1. The van der Waals surface area contributed by atoms with E-state index in [1.807, 2.05) is 24.3 Å². The van der Waals surface area contributed by atoms with Gasteiger partial charge in [0, 0.05) is 31.1 Å². The number of carbonyl (C=O) groups is 2. The molecule has 0 saturated carbocycles. The molecule has 5 nitrogen and oxygen atoms in total. The summed E-state index contributed by atoms with van der Waals surface area (Å²) in [5.74, 6) is -0.290. The van der Waals surface area contributed by atoms with E-state index < -0.39 is 0 Å². The topological polar surface area (TPSA) is 46.7 Å². The van der Waals surface area contributed by atoms with E-state index in [0.29, 0.717) is 17.1 Å². The molecule has 0 saturated heterocycles. The third-order valence-electron chi connectivity index (χ3n) is 3.82. The fourth-order valence-electron chi connectivity index (χ4n) is 2.77. The highest BCUT2D eigenvalue weighted by Gasteiger charge is 2.20. The third kappa shape index (κ3) is 2.55. The van der Waals surface area contributed by atoms with Crippen LogP contribution in [0.3, 0.4) is 0 Å². The van der Waals surface area contributed by atoms with Gasteiger partial charge in [-0.25, -0.2) is 4.85 Å². The molecule has 0 atom stereocenters. The Bertz CT molecular complexity index is 978. The van der Waals surface area contributed by atoms with Crippen molar-refractivity contribution in [3.05, 3.63) is 66.1 Å². The molecule has 5 heteroatoms. The first-order chi connectivity index (χ1) is 11.5. The molecule has 1 amide bonds. The minimum Gasteiger partial charge on any atom is -0.285 e. The summed E-state index contributed by atoms with van der Waals surface area (Å²) in [7, 11) is 0. The molecule has 0 aliphatic carbocycles. The maximum Gasteiger partial charge on any atom is 0.228 e. The predicted molar refractivity (Wildman–Crippen MR) is 93.8 cm³/mol. The Kier molecular flexibility index (Phi) is 3.88. The van der Waals surface area contributed by atoms with Crippen molar-refractivity contribution in [3.63, 3.8) is 0 Å². The summed E-state index contributed by atoms with van der Waals surface area (Å²) in [4.78, 5) is 29.1. The number of nitrogens with zero attached hydrogens (tertiary/aromatic N) is 3. The summed E-state index contributed by atoms with van der Waals surface area (Å²) in [5.41, 5.74) is 2.56. The molecule has 3 rings (SSSR count). The quantitative estimate of drug-likeness (QED) is 0.652. The smallest absolute Gasteiger partial charge is 0.228 e. The van der Waals surface area contributed by atoms with Crippen LogP contribution in [0.4, 0.5) is 17.1 Å². The molecule has 0 unspecified atom stereocenters. The van der Waals surface area contributed by atoms with E-state index >= 15 is 0 Å². The third-order valence-corrected chi connectivity index (χ3v) is 3.82. The fourth-order valence-corrected chi connectivity index (χ4v) is 2.77. The summed E-state index contributed by atoms with van der Waals surface area (Å²) in [6.07, 6.45) is 1.68. The number of aromatic nitrogens is 1. The summed E-state index contributed by atoms with van der Waals surface area (Å²) in [6, 6.07) is 14.3. The SMILES string of the molecule is [C-]#[N+]c1ccc(N(C(C)=O)c2cn(C(C)=O)c3ccccc23)cc1. The molecule has 0 bridgehead atoms. The molecule has 0 radical (unpaired) electrons. The minimum atomic E-state index is -0.169. The maximum absolute atomic E-state index is 12.3. The van der Waals surface area contributed by atoms with Gasteiger partial charge in [0.05, 0.1) is 17.8 Å². The molecule has 1 heterocycles. The van der Waals surface area contributed by atoms with Crippen LogP contribution in [-0.2, 0) is 4.79 Å². The Morgan fingerprint density at radius 1 is 1.04 bits per heavy atom. The summed E-state index contributed by atoms with van der Waals surface area (Å²) >= 11 is 0. The Morgan fingerprint density at radius 3 is 2.29 bits per heavy atom. The van der Waals surface area contributed by atoms with E-state index in [-0.39, 0.29) is 11.8 Å². The second-order valence-electron chi connectivity index (χ2n) is 5.40. The van der Waals surface area contributed by atoms with Gasteiger partial charge in [-0.3, -0.25) is 19.1 Å². The average molecular weight is 317 g/mol. The van der Waals surface area contributed by atoms with Crippen molar-refractivity contribution in [2.45, 2.75) is 13.8 Å². The van der Waals surface area contributed by atoms with Crippen molar-refractivity contribution < 1.29 is 9.59 Å². The first-order valence-electron chi connectivity index (χ1n) is 7.42. The molecule has 0 aliphatic rings. The van der Waals surface area contributed by atoms with E-state index in [1.54, 1.807) is 35.4 Å². The number of rotatable bonds is 2. The van der Waals surface area contributed by atoms with Gasteiger partial charge in [-0.15, -0.1) is 0 Å². The molecule has 0 spiro atoms. The summed E-state index contributed by atoms with van der Waals surface area (Å²) in [5, 5.41) is 0.817. The van der Waals surface area contributed by atoms with Gasteiger partial charge >= 0.3 is 0 Å². The molecule has 1 aromatic heterocycles. The van der Waals surface area contributed by atoms with Gasteiger partial charge in [0.1, 0.15) is 0 Å². The lowest BCUT2D eigenvalue weighted by molar-refractivity contribution is -0.115. The van der Waals surface area contributed by atoms with Crippen LogP contribution in [-0.4, -0.2) is 16.4 Å². The average Bonchev–Trinajstić information content (AvgIpc) is 2.95. The number of carbonyl (C=O) groups excluding carboxylic acids is 2. The zero-order valence-electron chi connectivity index (χ0n) is 13.4. The van der Waals surface area contributed by atoms with E-state index in [9.17, 15) is 9.59 Å². The number of hydrogen-bond acceptors (Lipinski definition) is 2. The van der Waals surface area contributed by atoms with E-state index in [1.165, 1.54) is 18.4 Å². The highest BCUT2D eigenvalue weighted by atomic mass is 16.2. The van der Waals surface area contributed by atoms with Crippen LogP contribution >= 0.6 is 0 Å². The monoisotopic (exact) mass is 317 g/mol. The van der Waals surface area contributed by atoms with Gasteiger partial charge in [0.15, 0.2) is 5.69 Å². The molecular weight excluding hydrogens is 302 g/mol. The van der Waals surface area contributed by atoms with Gasteiger partial charge in [-0.1, -0.05) is 30.3 Å². The van der Waals surface area contributed by atoms with E-state index in [0.717, 1.165) is 10.9 Å². The van der Waals surface area contributed by atoms with Crippen LogP contribution in [0, 0.1) is 6.57 Å². The van der Waals surface area contributed by atoms with Crippen LogP contribution in [0.5, 0.6) is 0 Å². The van der Waals surface area contributed by atoms with Crippen molar-refractivity contribution in [1.29, 1.82) is 0 Å². The van der Waals surface area contributed by atoms with Crippen LogP contribution in [0.25, 0.3) is 15.7 Å². The highest BCUT2D eigenvalue weighted by molar-refractivity contribution is 6.09. The first-order valence-corrected chi connectivity index (χ1v) is 7.42. The number of hydrogen-bond donors (Lipinski definition) is 0. The predicted octanol–water partition coefficient (Wildman–Crippen LogP) is 4.54. The molecular formula is C19H15N3O2. The van der Waals surface area contributed by atoms with Crippen LogP contribution in [0.1, 0.15) is 18.6 Å². The minimum absolute atomic E-state index is 0.121. The van der Waals surface area contributed by atoms with Crippen LogP contribution in [0.2, 0.25) is 0 Å². The molecule has 118 valence electrons. The maximum atomic E-state index is 12.3. The van der Waals surface area contributed by atoms with E-state index in [2.05, 4.69) is 4.85 Å². The lowest BCUT2D eigenvalue weighted by Gasteiger charge is -2.20. The summed E-state index contributed by atoms with van der Waals surface area (Å²) in [6.45, 7) is 9.99. The molecule has 0 N–H and O–H groups in total. The largest absolute Gasteiger partial charge is 0.285 e. The van der Waals surface area contributed by atoms with Gasteiger partial charge in [-0.2, -0.15) is 0 Å². The van der Waals surface area contributed by atoms with Crippen molar-refractivity contribution >= 4 is 39.8 Å². The van der Waals surface area contributed by atoms with Crippen molar-refractivity contribution in [3.8, 4) is 0 Å². The van der Waals surface area contributed by atoms with Crippen LogP contribution in [0.15, 0.2) is 54.7 Å². The molecule has 0 aliphatic heterocycles. The Morgan fingerprint density at radius 2 is 1.71 bits per heavy atom. The van der Waals surface area contributed by atoms with Gasteiger partial charge in [0.25, 0.3) is 0 Å².